The number of alkyl halides is 1. The fourth-order valence-corrected chi connectivity index (χ4v) is 2.38. The van der Waals surface area contributed by atoms with Crippen LogP contribution >= 0.6 is 11.6 Å². The van der Waals surface area contributed by atoms with Crippen molar-refractivity contribution in [1.82, 2.24) is 14.9 Å². The average molecular weight is 314 g/mol. The van der Waals surface area contributed by atoms with E-state index in [1.807, 2.05) is 0 Å². The molecular formula is C14H17ClFN3O2. The Morgan fingerprint density at radius 3 is 3.00 bits per heavy atom. The van der Waals surface area contributed by atoms with Gasteiger partial charge in [0.05, 0.1) is 23.5 Å². The van der Waals surface area contributed by atoms with Crippen LogP contribution in [0, 0.1) is 5.82 Å². The van der Waals surface area contributed by atoms with Crippen molar-refractivity contribution in [2.45, 2.75) is 18.8 Å². The number of methoxy groups -OCH3 is 1. The molecule has 0 bridgehead atoms. The molecule has 7 heteroatoms. The summed E-state index contributed by atoms with van der Waals surface area (Å²) in [6, 6.07) is 3.78. The fraction of sp³-hybridized carbons (Fsp3) is 0.429. The normalized spacial score (nSPS) is 12.6. The largest absolute Gasteiger partial charge is 0.383 e. The molecule has 1 atom stereocenters. The van der Waals surface area contributed by atoms with E-state index in [-0.39, 0.29) is 17.6 Å². The van der Waals surface area contributed by atoms with E-state index in [0.717, 1.165) is 0 Å². The molecule has 0 aliphatic heterocycles. The van der Waals surface area contributed by atoms with Gasteiger partial charge in [0.2, 0.25) is 5.91 Å². The third kappa shape index (κ3) is 3.33. The topological polar surface area (TPSA) is 56.1 Å². The molecule has 5 nitrogen and oxygen atoms in total. The highest BCUT2D eigenvalue weighted by Crippen LogP contribution is 2.23. The second-order valence-corrected chi connectivity index (χ2v) is 4.89. The standard InChI is InChI=1S/C14H17ClFN3O2/c1-9(14(20)17-5-6-21-2)19-12-4-3-10(16)7-11(12)18-13(19)8-15/h3-4,7,9H,5-6,8H2,1-2H3,(H,17,20). The summed E-state index contributed by atoms with van der Waals surface area (Å²) in [7, 11) is 1.57. The van der Waals surface area contributed by atoms with Crippen LogP contribution in [0.5, 0.6) is 0 Å². The van der Waals surface area contributed by atoms with Crippen molar-refractivity contribution in [3.05, 3.63) is 29.8 Å². The van der Waals surface area contributed by atoms with Gasteiger partial charge in [0.25, 0.3) is 0 Å². The second kappa shape index (κ2) is 6.87. The summed E-state index contributed by atoms with van der Waals surface area (Å²) < 4.78 is 19.9. The number of hydrogen-bond acceptors (Lipinski definition) is 3. The van der Waals surface area contributed by atoms with Gasteiger partial charge in [0.1, 0.15) is 17.7 Å². The summed E-state index contributed by atoms with van der Waals surface area (Å²) >= 11 is 5.89. The van der Waals surface area contributed by atoms with Gasteiger partial charge in [0.15, 0.2) is 0 Å². The van der Waals surface area contributed by atoms with Crippen molar-refractivity contribution in [2.24, 2.45) is 0 Å². The van der Waals surface area contributed by atoms with Crippen LogP contribution in [-0.2, 0) is 15.4 Å². The Balaban J connectivity index is 2.33. The van der Waals surface area contributed by atoms with E-state index in [9.17, 15) is 9.18 Å². The molecule has 2 aromatic rings. The molecule has 0 aliphatic carbocycles. The molecule has 1 heterocycles. The molecule has 1 aromatic carbocycles. The maximum absolute atomic E-state index is 13.3. The SMILES string of the molecule is COCCNC(=O)C(C)n1c(CCl)nc2cc(F)ccc21. The third-order valence-electron chi connectivity index (χ3n) is 3.22. The lowest BCUT2D eigenvalue weighted by Crippen LogP contribution is -2.33. The van der Waals surface area contributed by atoms with Crippen LogP contribution in [0.25, 0.3) is 11.0 Å². The van der Waals surface area contributed by atoms with Crippen molar-refractivity contribution in [3.8, 4) is 0 Å². The number of nitrogens with one attached hydrogen (secondary N) is 1. The maximum Gasteiger partial charge on any atom is 0.242 e. The molecule has 0 saturated heterocycles. The molecule has 1 amide bonds. The molecule has 1 N–H and O–H groups in total. The summed E-state index contributed by atoms with van der Waals surface area (Å²) in [5.74, 6) is 0.144. The zero-order valence-corrected chi connectivity index (χ0v) is 12.7. The zero-order chi connectivity index (χ0) is 15.4. The number of amides is 1. The lowest BCUT2D eigenvalue weighted by molar-refractivity contribution is -0.124. The minimum Gasteiger partial charge on any atom is -0.383 e. The first-order valence-corrected chi connectivity index (χ1v) is 7.11. The van der Waals surface area contributed by atoms with Crippen LogP contribution in [0.3, 0.4) is 0 Å². The predicted octanol–water partition coefficient (Wildman–Crippen LogP) is 2.24. The highest BCUT2D eigenvalue weighted by atomic mass is 35.5. The van der Waals surface area contributed by atoms with Gasteiger partial charge >= 0.3 is 0 Å². The van der Waals surface area contributed by atoms with Gasteiger partial charge in [-0.1, -0.05) is 0 Å². The van der Waals surface area contributed by atoms with Crippen LogP contribution in [0.1, 0.15) is 18.8 Å². The van der Waals surface area contributed by atoms with Crippen molar-refractivity contribution >= 4 is 28.5 Å². The molecule has 114 valence electrons. The molecule has 21 heavy (non-hydrogen) atoms. The van der Waals surface area contributed by atoms with E-state index in [4.69, 9.17) is 16.3 Å². The average Bonchev–Trinajstić information content (AvgIpc) is 2.83. The summed E-state index contributed by atoms with van der Waals surface area (Å²) in [6.07, 6.45) is 0. The van der Waals surface area contributed by atoms with E-state index in [1.54, 1.807) is 24.7 Å². The van der Waals surface area contributed by atoms with Crippen LogP contribution in [0.15, 0.2) is 18.2 Å². The quantitative estimate of drug-likeness (QED) is 0.657. The Bertz CT molecular complexity index is 644. The van der Waals surface area contributed by atoms with Gasteiger partial charge in [-0.05, 0) is 19.1 Å². The van der Waals surface area contributed by atoms with E-state index in [2.05, 4.69) is 10.3 Å². The molecule has 1 unspecified atom stereocenters. The van der Waals surface area contributed by atoms with Gasteiger partial charge in [-0.2, -0.15) is 0 Å². The molecule has 1 aromatic heterocycles. The predicted molar refractivity (Wildman–Crippen MR) is 78.8 cm³/mol. The molecule has 0 fully saturated rings. The number of benzene rings is 1. The number of imidazole rings is 1. The highest BCUT2D eigenvalue weighted by molar-refractivity contribution is 6.16. The van der Waals surface area contributed by atoms with Gasteiger partial charge < -0.3 is 14.6 Å². The van der Waals surface area contributed by atoms with Gasteiger partial charge in [-0.3, -0.25) is 4.79 Å². The van der Waals surface area contributed by atoms with Crippen molar-refractivity contribution in [3.63, 3.8) is 0 Å². The van der Waals surface area contributed by atoms with Gasteiger partial charge in [-0.15, -0.1) is 11.6 Å². The molecule has 0 saturated carbocycles. The Morgan fingerprint density at radius 1 is 1.57 bits per heavy atom. The number of carbonyl (C=O) groups is 1. The number of nitrogens with zero attached hydrogens (tertiary/aromatic N) is 2. The first-order chi connectivity index (χ1) is 10.1. The number of carbonyl (C=O) groups excluding carboxylic acids is 1. The molecule has 2 rings (SSSR count). The number of aromatic nitrogens is 2. The summed E-state index contributed by atoms with van der Waals surface area (Å²) in [4.78, 5) is 16.4. The Labute approximate surface area is 127 Å². The molecular weight excluding hydrogens is 297 g/mol. The summed E-state index contributed by atoms with van der Waals surface area (Å²) in [5.41, 5.74) is 1.17. The molecule has 0 radical (unpaired) electrons. The Hall–Kier alpha value is -1.66. The van der Waals surface area contributed by atoms with Crippen molar-refractivity contribution < 1.29 is 13.9 Å². The Kier molecular flexibility index (Phi) is 5.14. The third-order valence-corrected chi connectivity index (χ3v) is 3.46. The molecule has 0 spiro atoms. The van der Waals surface area contributed by atoms with Gasteiger partial charge in [0, 0.05) is 19.7 Å². The van der Waals surface area contributed by atoms with Crippen molar-refractivity contribution in [1.29, 1.82) is 0 Å². The Morgan fingerprint density at radius 2 is 2.33 bits per heavy atom. The summed E-state index contributed by atoms with van der Waals surface area (Å²) in [5, 5.41) is 2.77. The number of halogens is 2. The number of ether oxygens (including phenoxy) is 1. The van der Waals surface area contributed by atoms with E-state index in [1.165, 1.54) is 12.1 Å². The number of fused-ring (bicyclic) bond motifs is 1. The zero-order valence-electron chi connectivity index (χ0n) is 11.9. The van der Waals surface area contributed by atoms with Crippen LogP contribution < -0.4 is 5.32 Å². The second-order valence-electron chi connectivity index (χ2n) is 4.62. The van der Waals surface area contributed by atoms with Crippen LogP contribution in [0.4, 0.5) is 4.39 Å². The monoisotopic (exact) mass is 313 g/mol. The lowest BCUT2D eigenvalue weighted by atomic mass is 10.2. The van der Waals surface area contributed by atoms with E-state index in [0.29, 0.717) is 30.0 Å². The minimum absolute atomic E-state index is 0.145. The molecule has 0 aliphatic rings. The lowest BCUT2D eigenvalue weighted by Gasteiger charge is -2.16. The van der Waals surface area contributed by atoms with Crippen LogP contribution in [0.2, 0.25) is 0 Å². The number of rotatable bonds is 6. The van der Waals surface area contributed by atoms with E-state index >= 15 is 0 Å². The van der Waals surface area contributed by atoms with E-state index < -0.39 is 6.04 Å². The van der Waals surface area contributed by atoms with Gasteiger partial charge in [-0.25, -0.2) is 9.37 Å². The first-order valence-electron chi connectivity index (χ1n) is 6.57. The minimum atomic E-state index is -0.494. The highest BCUT2D eigenvalue weighted by Gasteiger charge is 2.21. The number of hydrogen-bond donors (Lipinski definition) is 1. The first kappa shape index (κ1) is 15.7. The maximum atomic E-state index is 13.3. The van der Waals surface area contributed by atoms with Crippen molar-refractivity contribution in [2.75, 3.05) is 20.3 Å². The van der Waals surface area contributed by atoms with Crippen LogP contribution in [-0.4, -0.2) is 35.7 Å². The summed E-state index contributed by atoms with van der Waals surface area (Å²) in [6.45, 7) is 2.62. The fourth-order valence-electron chi connectivity index (χ4n) is 2.19. The smallest absolute Gasteiger partial charge is 0.242 e.